The SMILES string of the molecule is C=C(C)C[C@H]1N(c2ccccc2)C(=O)[C@H]2[C@@H](C(=O)O)[C@@H]3C=C[C@]21O3. The number of hydrogen-bond donors (Lipinski definition) is 1. The molecule has 0 unspecified atom stereocenters. The lowest BCUT2D eigenvalue weighted by Gasteiger charge is -2.33. The number of hydrogen-bond acceptors (Lipinski definition) is 3. The fourth-order valence-electron chi connectivity index (χ4n) is 4.41. The topological polar surface area (TPSA) is 66.8 Å². The van der Waals surface area contributed by atoms with E-state index in [1.54, 1.807) is 11.0 Å². The highest BCUT2D eigenvalue weighted by atomic mass is 16.5. The van der Waals surface area contributed by atoms with E-state index in [1.807, 2.05) is 43.3 Å². The molecule has 2 fully saturated rings. The van der Waals surface area contributed by atoms with E-state index in [4.69, 9.17) is 4.74 Å². The highest BCUT2D eigenvalue weighted by Crippen LogP contribution is 2.56. The Morgan fingerprint density at radius 1 is 1.38 bits per heavy atom. The number of ether oxygens (including phenoxy) is 1. The van der Waals surface area contributed by atoms with E-state index >= 15 is 0 Å². The molecule has 1 spiro atoms. The van der Waals surface area contributed by atoms with Gasteiger partial charge in [0.25, 0.3) is 0 Å². The molecule has 1 amide bonds. The first-order valence-corrected chi connectivity index (χ1v) is 8.08. The Labute approximate surface area is 140 Å². The van der Waals surface area contributed by atoms with Crippen LogP contribution in [0.25, 0.3) is 0 Å². The van der Waals surface area contributed by atoms with E-state index in [1.165, 1.54) is 0 Å². The number of amides is 1. The average molecular weight is 325 g/mol. The molecule has 5 heteroatoms. The van der Waals surface area contributed by atoms with Crippen LogP contribution in [0.5, 0.6) is 0 Å². The van der Waals surface area contributed by atoms with Gasteiger partial charge >= 0.3 is 5.97 Å². The molecule has 4 rings (SSSR count). The minimum atomic E-state index is -0.978. The third-order valence-corrected chi connectivity index (χ3v) is 5.28. The van der Waals surface area contributed by atoms with Crippen molar-refractivity contribution in [2.45, 2.75) is 31.1 Å². The number of carbonyl (C=O) groups is 2. The van der Waals surface area contributed by atoms with Crippen molar-refractivity contribution in [1.82, 2.24) is 0 Å². The van der Waals surface area contributed by atoms with Crippen LogP contribution < -0.4 is 4.90 Å². The zero-order chi connectivity index (χ0) is 17.1. The van der Waals surface area contributed by atoms with Crippen molar-refractivity contribution >= 4 is 17.6 Å². The normalized spacial score (nSPS) is 36.2. The molecule has 5 atom stereocenters. The molecule has 3 aliphatic rings. The smallest absolute Gasteiger partial charge is 0.310 e. The molecule has 124 valence electrons. The van der Waals surface area contributed by atoms with E-state index in [0.717, 1.165) is 11.3 Å². The van der Waals surface area contributed by atoms with Crippen LogP contribution in [-0.4, -0.2) is 34.7 Å². The summed E-state index contributed by atoms with van der Waals surface area (Å²) in [5.41, 5.74) is 0.824. The number of fused-ring (bicyclic) bond motifs is 1. The predicted molar refractivity (Wildman–Crippen MR) is 88.5 cm³/mol. The summed E-state index contributed by atoms with van der Waals surface area (Å²) in [4.78, 5) is 26.7. The van der Waals surface area contributed by atoms with Gasteiger partial charge in [-0.05, 0) is 25.5 Å². The van der Waals surface area contributed by atoms with Crippen LogP contribution in [0, 0.1) is 11.8 Å². The fraction of sp³-hybridized carbons (Fsp3) is 0.368. The summed E-state index contributed by atoms with van der Waals surface area (Å²) in [6.45, 7) is 5.90. The predicted octanol–water partition coefficient (Wildman–Crippen LogP) is 2.39. The lowest BCUT2D eigenvalue weighted by molar-refractivity contribution is -0.146. The lowest BCUT2D eigenvalue weighted by atomic mass is 9.74. The molecule has 1 N–H and O–H groups in total. The van der Waals surface area contributed by atoms with Crippen LogP contribution in [0.4, 0.5) is 5.69 Å². The second-order valence-corrected chi connectivity index (χ2v) is 6.86. The van der Waals surface area contributed by atoms with Crippen LogP contribution >= 0.6 is 0 Å². The molecule has 2 saturated heterocycles. The maximum atomic E-state index is 13.2. The zero-order valence-electron chi connectivity index (χ0n) is 13.4. The number of anilines is 1. The van der Waals surface area contributed by atoms with Gasteiger partial charge in [-0.1, -0.05) is 35.9 Å². The van der Waals surface area contributed by atoms with Gasteiger partial charge in [-0.15, -0.1) is 6.58 Å². The van der Waals surface area contributed by atoms with E-state index < -0.39 is 29.5 Å². The number of benzene rings is 1. The molecule has 0 aliphatic carbocycles. The number of carboxylic acids is 1. The molecule has 0 aromatic heterocycles. The molecule has 1 aromatic rings. The van der Waals surface area contributed by atoms with Gasteiger partial charge in [0.05, 0.1) is 18.1 Å². The van der Waals surface area contributed by atoms with Crippen molar-refractivity contribution in [3.05, 3.63) is 54.6 Å². The first kappa shape index (κ1) is 15.1. The summed E-state index contributed by atoms with van der Waals surface area (Å²) in [7, 11) is 0. The minimum absolute atomic E-state index is 0.174. The van der Waals surface area contributed by atoms with Gasteiger partial charge in [0.2, 0.25) is 5.91 Å². The highest BCUT2D eigenvalue weighted by molar-refractivity contribution is 6.03. The summed E-state index contributed by atoms with van der Waals surface area (Å²) in [6, 6.07) is 9.09. The summed E-state index contributed by atoms with van der Waals surface area (Å²) in [6.07, 6.45) is 3.74. The van der Waals surface area contributed by atoms with Gasteiger partial charge in [0.15, 0.2) is 0 Å². The van der Waals surface area contributed by atoms with Crippen LogP contribution in [0.3, 0.4) is 0 Å². The number of aliphatic carboxylic acids is 1. The number of rotatable bonds is 4. The van der Waals surface area contributed by atoms with Crippen molar-refractivity contribution in [3.8, 4) is 0 Å². The molecule has 0 radical (unpaired) electrons. The average Bonchev–Trinajstić information content (AvgIpc) is 3.17. The van der Waals surface area contributed by atoms with Crippen molar-refractivity contribution in [2.75, 3.05) is 4.90 Å². The van der Waals surface area contributed by atoms with Gasteiger partial charge in [-0.25, -0.2) is 0 Å². The monoisotopic (exact) mass is 325 g/mol. The van der Waals surface area contributed by atoms with Gasteiger partial charge in [-0.3, -0.25) is 9.59 Å². The molecular weight excluding hydrogens is 306 g/mol. The van der Waals surface area contributed by atoms with Gasteiger partial charge in [-0.2, -0.15) is 0 Å². The van der Waals surface area contributed by atoms with Crippen LogP contribution in [0.1, 0.15) is 13.3 Å². The van der Waals surface area contributed by atoms with Gasteiger partial charge in [0, 0.05) is 5.69 Å². The second kappa shape index (κ2) is 5.05. The Morgan fingerprint density at radius 3 is 2.71 bits per heavy atom. The van der Waals surface area contributed by atoms with E-state index in [-0.39, 0.29) is 11.9 Å². The lowest BCUT2D eigenvalue weighted by Crippen LogP contribution is -2.45. The summed E-state index contributed by atoms with van der Waals surface area (Å²) in [5, 5.41) is 9.62. The third-order valence-electron chi connectivity index (χ3n) is 5.28. The quantitative estimate of drug-likeness (QED) is 0.863. The van der Waals surface area contributed by atoms with E-state index in [9.17, 15) is 14.7 Å². The van der Waals surface area contributed by atoms with Crippen molar-refractivity contribution in [3.63, 3.8) is 0 Å². The van der Waals surface area contributed by atoms with Gasteiger partial charge in [0.1, 0.15) is 11.5 Å². The summed E-state index contributed by atoms with van der Waals surface area (Å²) < 4.78 is 6.10. The number of carbonyl (C=O) groups excluding carboxylic acids is 1. The zero-order valence-corrected chi connectivity index (χ0v) is 13.4. The van der Waals surface area contributed by atoms with Gasteiger partial charge < -0.3 is 14.7 Å². The maximum Gasteiger partial charge on any atom is 0.310 e. The first-order chi connectivity index (χ1) is 11.5. The fourth-order valence-corrected chi connectivity index (χ4v) is 4.41. The molecular formula is C19H19NO4. The van der Waals surface area contributed by atoms with Crippen LogP contribution in [-0.2, 0) is 14.3 Å². The molecule has 2 bridgehead atoms. The number of para-hydroxylation sites is 1. The maximum absolute atomic E-state index is 13.2. The highest BCUT2D eigenvalue weighted by Gasteiger charge is 2.71. The van der Waals surface area contributed by atoms with E-state index in [2.05, 4.69) is 6.58 Å². The van der Waals surface area contributed by atoms with Crippen molar-refractivity contribution < 1.29 is 19.4 Å². The third kappa shape index (κ3) is 1.85. The minimum Gasteiger partial charge on any atom is -0.481 e. The van der Waals surface area contributed by atoms with Crippen LogP contribution in [0.2, 0.25) is 0 Å². The number of nitrogens with zero attached hydrogens (tertiary/aromatic N) is 1. The largest absolute Gasteiger partial charge is 0.481 e. The van der Waals surface area contributed by atoms with Crippen molar-refractivity contribution in [2.24, 2.45) is 11.8 Å². The Balaban J connectivity index is 1.85. The molecule has 3 aliphatic heterocycles. The molecule has 0 saturated carbocycles. The molecule has 24 heavy (non-hydrogen) atoms. The molecule has 1 aromatic carbocycles. The Hall–Kier alpha value is -2.40. The Kier molecular flexibility index (Phi) is 3.18. The summed E-state index contributed by atoms with van der Waals surface area (Å²) in [5.74, 6) is -2.67. The first-order valence-electron chi connectivity index (χ1n) is 8.08. The number of carboxylic acid groups (broad SMARTS) is 1. The van der Waals surface area contributed by atoms with Crippen molar-refractivity contribution in [1.29, 1.82) is 0 Å². The summed E-state index contributed by atoms with van der Waals surface area (Å²) >= 11 is 0. The van der Waals surface area contributed by atoms with E-state index in [0.29, 0.717) is 6.42 Å². The second-order valence-electron chi connectivity index (χ2n) is 6.86. The standard InChI is InChI=1S/C19H19NO4/c1-11(2)10-14-19-9-8-13(24-19)15(18(22)23)16(19)17(21)20(14)12-6-4-3-5-7-12/h3-9,13-16H,1,10H2,2H3,(H,22,23)/t13-,14+,15-,16+,19+/m0/s1. The Morgan fingerprint density at radius 2 is 2.08 bits per heavy atom. The Bertz CT molecular complexity index is 756. The van der Waals surface area contributed by atoms with Crippen LogP contribution in [0.15, 0.2) is 54.6 Å². The molecule has 5 nitrogen and oxygen atoms in total. The molecule has 3 heterocycles.